The molecule has 1 fully saturated rings. The van der Waals surface area contributed by atoms with Gasteiger partial charge in [0.1, 0.15) is 0 Å². The molecule has 24 heavy (non-hydrogen) atoms. The van der Waals surface area contributed by atoms with Gasteiger partial charge in [0.25, 0.3) is 5.89 Å². The SMILES string of the molecule is Cl.c1csc(-c2nc(-c3ccc(CN4CCOCC4)cc3)no2)c1. The Kier molecular flexibility index (Phi) is 5.63. The number of nitrogens with zero attached hydrogens (tertiary/aromatic N) is 3. The Labute approximate surface area is 150 Å². The van der Waals surface area contributed by atoms with E-state index in [-0.39, 0.29) is 12.4 Å². The third kappa shape index (κ3) is 3.84. The fourth-order valence-corrected chi connectivity index (χ4v) is 3.26. The van der Waals surface area contributed by atoms with Gasteiger partial charge in [0.05, 0.1) is 18.1 Å². The number of aromatic nitrogens is 2. The van der Waals surface area contributed by atoms with Crippen LogP contribution in [-0.2, 0) is 11.3 Å². The van der Waals surface area contributed by atoms with E-state index in [1.807, 2.05) is 17.5 Å². The Balaban J connectivity index is 0.00000169. The van der Waals surface area contributed by atoms with Crippen LogP contribution < -0.4 is 0 Å². The van der Waals surface area contributed by atoms with Crippen LogP contribution in [0.5, 0.6) is 0 Å². The topological polar surface area (TPSA) is 51.4 Å². The van der Waals surface area contributed by atoms with E-state index in [0.717, 1.165) is 43.3 Å². The number of benzene rings is 1. The molecule has 2 aromatic heterocycles. The Bertz CT molecular complexity index is 753. The van der Waals surface area contributed by atoms with Crippen LogP contribution in [0.3, 0.4) is 0 Å². The number of rotatable bonds is 4. The quantitative estimate of drug-likeness (QED) is 0.707. The van der Waals surface area contributed by atoms with Crippen LogP contribution in [0.25, 0.3) is 22.2 Å². The van der Waals surface area contributed by atoms with Crippen molar-refractivity contribution in [3.63, 3.8) is 0 Å². The van der Waals surface area contributed by atoms with Gasteiger partial charge in [-0.15, -0.1) is 23.7 Å². The van der Waals surface area contributed by atoms with Gasteiger partial charge in [-0.1, -0.05) is 35.5 Å². The minimum absolute atomic E-state index is 0. The van der Waals surface area contributed by atoms with E-state index >= 15 is 0 Å². The highest BCUT2D eigenvalue weighted by Crippen LogP contribution is 2.25. The molecule has 0 aliphatic carbocycles. The molecule has 0 saturated carbocycles. The second-order valence-corrected chi connectivity index (χ2v) is 6.43. The van der Waals surface area contributed by atoms with Crippen LogP contribution in [0.15, 0.2) is 46.3 Å². The van der Waals surface area contributed by atoms with Gasteiger partial charge in [-0.2, -0.15) is 4.98 Å². The van der Waals surface area contributed by atoms with E-state index in [0.29, 0.717) is 11.7 Å². The molecular formula is C17H18ClN3O2S. The lowest BCUT2D eigenvalue weighted by Crippen LogP contribution is -2.35. The van der Waals surface area contributed by atoms with Gasteiger partial charge < -0.3 is 9.26 Å². The predicted octanol–water partition coefficient (Wildman–Crippen LogP) is 3.72. The van der Waals surface area contributed by atoms with E-state index in [4.69, 9.17) is 9.26 Å². The summed E-state index contributed by atoms with van der Waals surface area (Å²) in [6.07, 6.45) is 0. The molecule has 4 rings (SSSR count). The summed E-state index contributed by atoms with van der Waals surface area (Å²) in [5.41, 5.74) is 2.26. The third-order valence-electron chi connectivity index (χ3n) is 3.88. The first-order valence-corrected chi connectivity index (χ1v) is 8.53. The number of morpholine rings is 1. The van der Waals surface area contributed by atoms with Crippen molar-refractivity contribution in [1.29, 1.82) is 0 Å². The summed E-state index contributed by atoms with van der Waals surface area (Å²) >= 11 is 1.59. The number of ether oxygens (including phenoxy) is 1. The fraction of sp³-hybridized carbons (Fsp3) is 0.294. The van der Waals surface area contributed by atoms with Crippen LogP contribution in [-0.4, -0.2) is 41.3 Å². The summed E-state index contributed by atoms with van der Waals surface area (Å²) in [7, 11) is 0. The van der Waals surface area contributed by atoms with Crippen molar-refractivity contribution in [2.24, 2.45) is 0 Å². The maximum absolute atomic E-state index is 5.38. The largest absolute Gasteiger partial charge is 0.379 e. The van der Waals surface area contributed by atoms with Crippen LogP contribution in [0.2, 0.25) is 0 Å². The van der Waals surface area contributed by atoms with E-state index < -0.39 is 0 Å². The normalized spacial score (nSPS) is 15.2. The highest BCUT2D eigenvalue weighted by molar-refractivity contribution is 7.13. The van der Waals surface area contributed by atoms with Gasteiger partial charge in [0.15, 0.2) is 0 Å². The second-order valence-electron chi connectivity index (χ2n) is 5.49. The number of thiophene rings is 1. The molecule has 1 aliphatic rings. The van der Waals surface area contributed by atoms with Crippen LogP contribution in [0.4, 0.5) is 0 Å². The average molecular weight is 364 g/mol. The minimum atomic E-state index is 0. The molecule has 0 N–H and O–H groups in total. The summed E-state index contributed by atoms with van der Waals surface area (Å²) in [4.78, 5) is 7.87. The lowest BCUT2D eigenvalue weighted by atomic mass is 10.1. The maximum atomic E-state index is 5.38. The molecule has 0 atom stereocenters. The first-order valence-electron chi connectivity index (χ1n) is 7.65. The molecule has 5 nitrogen and oxygen atoms in total. The second kappa shape index (κ2) is 7.90. The lowest BCUT2D eigenvalue weighted by molar-refractivity contribution is 0.0342. The van der Waals surface area contributed by atoms with Gasteiger partial charge in [-0.25, -0.2) is 0 Å². The highest BCUT2D eigenvalue weighted by atomic mass is 35.5. The monoisotopic (exact) mass is 363 g/mol. The number of hydrogen-bond donors (Lipinski definition) is 0. The van der Waals surface area contributed by atoms with Crippen molar-refractivity contribution in [3.8, 4) is 22.2 Å². The summed E-state index contributed by atoms with van der Waals surface area (Å²) in [6.45, 7) is 4.60. The Morgan fingerprint density at radius 1 is 1.08 bits per heavy atom. The standard InChI is InChI=1S/C17H17N3O2S.ClH/c1-2-15(23-11-1)17-18-16(19-22-17)14-5-3-13(4-6-14)12-20-7-9-21-10-8-20;/h1-6,11H,7-10,12H2;1H. The van der Waals surface area contributed by atoms with Crippen LogP contribution in [0, 0.1) is 0 Å². The summed E-state index contributed by atoms with van der Waals surface area (Å²) in [5, 5.41) is 6.08. The molecule has 0 bridgehead atoms. The Hall–Kier alpha value is -1.73. The molecule has 3 aromatic rings. The van der Waals surface area contributed by atoms with Crippen molar-refractivity contribution >= 4 is 23.7 Å². The van der Waals surface area contributed by atoms with Gasteiger partial charge in [0.2, 0.25) is 5.82 Å². The third-order valence-corrected chi connectivity index (χ3v) is 4.74. The molecule has 0 spiro atoms. The van der Waals surface area contributed by atoms with Crippen molar-refractivity contribution < 1.29 is 9.26 Å². The molecule has 126 valence electrons. The molecule has 3 heterocycles. The van der Waals surface area contributed by atoms with Crippen molar-refractivity contribution in [1.82, 2.24) is 15.0 Å². The fourth-order valence-electron chi connectivity index (χ4n) is 2.62. The zero-order chi connectivity index (χ0) is 15.5. The van der Waals surface area contributed by atoms with Gasteiger partial charge in [-0.05, 0) is 17.0 Å². The Morgan fingerprint density at radius 2 is 1.88 bits per heavy atom. The molecule has 7 heteroatoms. The van der Waals surface area contributed by atoms with Crippen molar-refractivity contribution in [3.05, 3.63) is 47.3 Å². The van der Waals surface area contributed by atoms with Gasteiger partial charge in [-0.3, -0.25) is 4.90 Å². The smallest absolute Gasteiger partial charge is 0.268 e. The summed E-state index contributed by atoms with van der Waals surface area (Å²) in [5.74, 6) is 1.21. The number of halogens is 1. The minimum Gasteiger partial charge on any atom is -0.379 e. The zero-order valence-electron chi connectivity index (χ0n) is 13.1. The van der Waals surface area contributed by atoms with Crippen LogP contribution in [0.1, 0.15) is 5.56 Å². The summed E-state index contributed by atoms with van der Waals surface area (Å²) < 4.78 is 10.7. The maximum Gasteiger partial charge on any atom is 0.268 e. The molecule has 0 unspecified atom stereocenters. The molecule has 0 amide bonds. The highest BCUT2D eigenvalue weighted by Gasteiger charge is 2.13. The lowest BCUT2D eigenvalue weighted by Gasteiger charge is -2.26. The summed E-state index contributed by atoms with van der Waals surface area (Å²) in [6, 6.07) is 12.3. The predicted molar refractivity (Wildman–Crippen MR) is 96.4 cm³/mol. The molecule has 1 aromatic carbocycles. The molecule has 0 radical (unpaired) electrons. The first kappa shape index (κ1) is 17.1. The van der Waals surface area contributed by atoms with Crippen molar-refractivity contribution in [2.75, 3.05) is 26.3 Å². The van der Waals surface area contributed by atoms with E-state index in [1.54, 1.807) is 11.3 Å². The molecular weight excluding hydrogens is 346 g/mol. The van der Waals surface area contributed by atoms with E-state index in [1.165, 1.54) is 5.56 Å². The van der Waals surface area contributed by atoms with Gasteiger partial charge in [0, 0.05) is 25.2 Å². The van der Waals surface area contributed by atoms with E-state index in [9.17, 15) is 0 Å². The molecule has 1 saturated heterocycles. The Morgan fingerprint density at radius 3 is 2.58 bits per heavy atom. The van der Waals surface area contributed by atoms with Gasteiger partial charge >= 0.3 is 0 Å². The van der Waals surface area contributed by atoms with Crippen LogP contribution >= 0.6 is 23.7 Å². The number of hydrogen-bond acceptors (Lipinski definition) is 6. The molecule has 1 aliphatic heterocycles. The van der Waals surface area contributed by atoms with Crippen molar-refractivity contribution in [2.45, 2.75) is 6.54 Å². The first-order chi connectivity index (χ1) is 11.4. The zero-order valence-corrected chi connectivity index (χ0v) is 14.7. The average Bonchev–Trinajstić information content (AvgIpc) is 3.28. The van der Waals surface area contributed by atoms with E-state index in [2.05, 4.69) is 39.3 Å².